The largest absolute Gasteiger partial charge is 0.267 e. The highest BCUT2D eigenvalue weighted by atomic mass is 15.5. The second-order valence-corrected chi connectivity index (χ2v) is 3.61. The maximum Gasteiger partial charge on any atom is 0.124 e. The number of hydrazine groups is 1. The Balaban J connectivity index is 2.21. The summed E-state index contributed by atoms with van der Waals surface area (Å²) in [5.41, 5.74) is -0.266. The Hall–Kier alpha value is -0.590. The standard InChI is InChI=1S/C8H13N3/c9-6-8-4-3-7(8)2-1-5-11(8)10/h7H,1-5,10H2. The van der Waals surface area contributed by atoms with Crippen molar-refractivity contribution in [3.05, 3.63) is 0 Å². The van der Waals surface area contributed by atoms with Crippen LogP contribution in [0.2, 0.25) is 0 Å². The van der Waals surface area contributed by atoms with Crippen molar-refractivity contribution < 1.29 is 0 Å². The second-order valence-electron chi connectivity index (χ2n) is 3.61. The summed E-state index contributed by atoms with van der Waals surface area (Å²) >= 11 is 0. The summed E-state index contributed by atoms with van der Waals surface area (Å²) in [6, 6.07) is 2.37. The van der Waals surface area contributed by atoms with Gasteiger partial charge in [-0.25, -0.2) is 5.01 Å². The third-order valence-electron chi connectivity index (χ3n) is 3.21. The fourth-order valence-corrected chi connectivity index (χ4v) is 2.30. The molecule has 60 valence electrons. The predicted molar refractivity (Wildman–Crippen MR) is 41.2 cm³/mol. The maximum absolute atomic E-state index is 8.97. The van der Waals surface area contributed by atoms with Gasteiger partial charge in [0.25, 0.3) is 0 Å². The molecule has 1 aliphatic carbocycles. The lowest BCUT2D eigenvalue weighted by Gasteiger charge is -2.52. The number of fused-ring (bicyclic) bond motifs is 1. The number of rotatable bonds is 0. The monoisotopic (exact) mass is 151 g/mol. The lowest BCUT2D eigenvalue weighted by atomic mass is 9.63. The van der Waals surface area contributed by atoms with Crippen molar-refractivity contribution in [2.75, 3.05) is 6.54 Å². The van der Waals surface area contributed by atoms with E-state index in [1.54, 1.807) is 5.01 Å². The maximum atomic E-state index is 8.97. The van der Waals surface area contributed by atoms with E-state index in [4.69, 9.17) is 11.1 Å². The van der Waals surface area contributed by atoms with Gasteiger partial charge in [0, 0.05) is 6.54 Å². The number of nitrogens with zero attached hydrogens (tertiary/aromatic N) is 2. The molecule has 1 saturated carbocycles. The van der Waals surface area contributed by atoms with Crippen LogP contribution in [0, 0.1) is 17.2 Å². The first-order valence-corrected chi connectivity index (χ1v) is 4.23. The van der Waals surface area contributed by atoms with Gasteiger partial charge in [-0.15, -0.1) is 0 Å². The Labute approximate surface area is 66.7 Å². The molecule has 1 saturated heterocycles. The number of nitriles is 1. The molecule has 0 aromatic heterocycles. The molecule has 2 atom stereocenters. The molecule has 0 aromatic carbocycles. The topological polar surface area (TPSA) is 53.0 Å². The summed E-state index contributed by atoms with van der Waals surface area (Å²) in [4.78, 5) is 0. The Morgan fingerprint density at radius 2 is 2.36 bits per heavy atom. The van der Waals surface area contributed by atoms with Gasteiger partial charge >= 0.3 is 0 Å². The van der Waals surface area contributed by atoms with Gasteiger partial charge in [-0.1, -0.05) is 0 Å². The van der Waals surface area contributed by atoms with Gasteiger partial charge < -0.3 is 0 Å². The van der Waals surface area contributed by atoms with Gasteiger partial charge in [0.15, 0.2) is 0 Å². The summed E-state index contributed by atoms with van der Waals surface area (Å²) < 4.78 is 0. The van der Waals surface area contributed by atoms with E-state index in [2.05, 4.69) is 6.07 Å². The van der Waals surface area contributed by atoms with E-state index in [0.29, 0.717) is 5.92 Å². The van der Waals surface area contributed by atoms with Crippen molar-refractivity contribution in [1.29, 1.82) is 5.26 Å². The van der Waals surface area contributed by atoms with Crippen LogP contribution in [0.3, 0.4) is 0 Å². The highest BCUT2D eigenvalue weighted by Crippen LogP contribution is 2.46. The fourth-order valence-electron chi connectivity index (χ4n) is 2.30. The first kappa shape index (κ1) is 7.08. The normalized spacial score (nSPS) is 43.8. The average molecular weight is 151 g/mol. The van der Waals surface area contributed by atoms with Crippen LogP contribution < -0.4 is 5.84 Å². The van der Waals surface area contributed by atoms with Crippen LogP contribution in [-0.4, -0.2) is 17.1 Å². The summed E-state index contributed by atoms with van der Waals surface area (Å²) in [5.74, 6) is 6.34. The molecule has 2 N–H and O–H groups in total. The van der Waals surface area contributed by atoms with Crippen molar-refractivity contribution in [2.45, 2.75) is 31.2 Å². The lowest BCUT2D eigenvalue weighted by Crippen LogP contribution is -2.64. The zero-order chi connectivity index (χ0) is 7.90. The molecule has 0 amide bonds. The molecule has 1 aliphatic heterocycles. The minimum atomic E-state index is -0.266. The smallest absolute Gasteiger partial charge is 0.124 e. The van der Waals surface area contributed by atoms with Crippen LogP contribution in [-0.2, 0) is 0 Å². The molecule has 2 rings (SSSR count). The van der Waals surface area contributed by atoms with Crippen molar-refractivity contribution in [1.82, 2.24) is 5.01 Å². The van der Waals surface area contributed by atoms with Gasteiger partial charge in [0.2, 0.25) is 0 Å². The molecule has 3 heteroatoms. The molecule has 3 nitrogen and oxygen atoms in total. The van der Waals surface area contributed by atoms with Gasteiger partial charge in [-0.2, -0.15) is 5.26 Å². The summed E-state index contributed by atoms with van der Waals surface area (Å²) in [6.07, 6.45) is 4.53. The number of hydrogen-bond acceptors (Lipinski definition) is 3. The van der Waals surface area contributed by atoms with Crippen molar-refractivity contribution in [3.8, 4) is 6.07 Å². The SMILES string of the molecule is N#CC12CCC1CCCN2N. The van der Waals surface area contributed by atoms with Gasteiger partial charge in [-0.3, -0.25) is 5.84 Å². The molecule has 1 heterocycles. The third-order valence-corrected chi connectivity index (χ3v) is 3.21. The number of nitrogens with two attached hydrogens (primary N) is 1. The molecular formula is C8H13N3. The van der Waals surface area contributed by atoms with E-state index in [9.17, 15) is 0 Å². The van der Waals surface area contributed by atoms with E-state index in [1.807, 2.05) is 0 Å². The molecule has 2 aliphatic rings. The summed E-state index contributed by atoms with van der Waals surface area (Å²) in [7, 11) is 0. The molecule has 0 radical (unpaired) electrons. The van der Waals surface area contributed by atoms with E-state index in [-0.39, 0.29) is 5.54 Å². The minimum Gasteiger partial charge on any atom is -0.267 e. The Kier molecular flexibility index (Phi) is 1.41. The average Bonchev–Trinajstić information content (AvgIpc) is 1.96. The van der Waals surface area contributed by atoms with E-state index in [0.717, 1.165) is 19.4 Å². The zero-order valence-electron chi connectivity index (χ0n) is 6.58. The molecule has 0 spiro atoms. The first-order valence-electron chi connectivity index (χ1n) is 4.23. The molecule has 0 bridgehead atoms. The van der Waals surface area contributed by atoms with Crippen LogP contribution >= 0.6 is 0 Å². The number of piperidine rings is 1. The van der Waals surface area contributed by atoms with Gasteiger partial charge in [0.1, 0.15) is 5.54 Å². The Morgan fingerprint density at radius 3 is 2.73 bits per heavy atom. The van der Waals surface area contributed by atoms with Crippen molar-refractivity contribution in [2.24, 2.45) is 11.8 Å². The van der Waals surface area contributed by atoms with Crippen molar-refractivity contribution >= 4 is 0 Å². The van der Waals surface area contributed by atoms with E-state index in [1.165, 1.54) is 12.8 Å². The molecule has 2 unspecified atom stereocenters. The predicted octanol–water partition coefficient (Wildman–Crippen LogP) is 0.628. The van der Waals surface area contributed by atoms with Crippen LogP contribution in [0.4, 0.5) is 0 Å². The first-order chi connectivity index (χ1) is 5.29. The minimum absolute atomic E-state index is 0.266. The summed E-state index contributed by atoms with van der Waals surface area (Å²) in [5, 5.41) is 10.7. The highest BCUT2D eigenvalue weighted by Gasteiger charge is 2.52. The summed E-state index contributed by atoms with van der Waals surface area (Å²) in [6.45, 7) is 0.893. The highest BCUT2D eigenvalue weighted by molar-refractivity contribution is 5.18. The van der Waals surface area contributed by atoms with Crippen LogP contribution in [0.15, 0.2) is 0 Å². The third kappa shape index (κ3) is 0.741. The fraction of sp³-hybridized carbons (Fsp3) is 0.875. The van der Waals surface area contributed by atoms with Crippen molar-refractivity contribution in [3.63, 3.8) is 0 Å². The molecule has 2 fully saturated rings. The lowest BCUT2D eigenvalue weighted by molar-refractivity contribution is -0.0364. The molecular weight excluding hydrogens is 138 g/mol. The quantitative estimate of drug-likeness (QED) is 0.516. The van der Waals surface area contributed by atoms with Gasteiger partial charge in [-0.05, 0) is 31.6 Å². The van der Waals surface area contributed by atoms with Crippen LogP contribution in [0.25, 0.3) is 0 Å². The molecule has 11 heavy (non-hydrogen) atoms. The van der Waals surface area contributed by atoms with Gasteiger partial charge in [0.05, 0.1) is 6.07 Å². The second kappa shape index (κ2) is 2.20. The van der Waals surface area contributed by atoms with E-state index >= 15 is 0 Å². The van der Waals surface area contributed by atoms with E-state index < -0.39 is 0 Å². The Bertz CT molecular complexity index is 200. The zero-order valence-corrected chi connectivity index (χ0v) is 6.58. The van der Waals surface area contributed by atoms with Crippen LogP contribution in [0.5, 0.6) is 0 Å². The number of hydrogen-bond donors (Lipinski definition) is 1. The van der Waals surface area contributed by atoms with Crippen LogP contribution in [0.1, 0.15) is 25.7 Å². The molecule has 0 aromatic rings. The Morgan fingerprint density at radius 1 is 1.55 bits per heavy atom.